The summed E-state index contributed by atoms with van der Waals surface area (Å²) < 4.78 is 23.1. The maximum absolute atomic E-state index is 13.4. The summed E-state index contributed by atoms with van der Waals surface area (Å²) >= 11 is 7.38. The number of rotatable bonds is 18. The Kier molecular flexibility index (Phi) is 15.2. The van der Waals surface area contributed by atoms with Crippen LogP contribution in [0.25, 0.3) is 0 Å². The number of epoxide rings is 1. The van der Waals surface area contributed by atoms with Crippen molar-refractivity contribution < 1.29 is 47.7 Å². The number of alkyl carbamates (subject to hydrolysis) is 1. The average Bonchev–Trinajstić information content (AvgIpc) is 3.79. The second-order valence-electron chi connectivity index (χ2n) is 14.5. The summed E-state index contributed by atoms with van der Waals surface area (Å²) in [5.41, 5.74) is 1.15. The number of likely N-dealkylation sites (N-methyl/N-ethyl adjacent to an activating group) is 1. The van der Waals surface area contributed by atoms with Gasteiger partial charge in [-0.1, -0.05) is 48.4 Å². The van der Waals surface area contributed by atoms with E-state index in [1.165, 1.54) is 44.7 Å². The molecular formula is C39H53ClN4O10S. The minimum Gasteiger partial charge on any atom is -0.495 e. The summed E-state index contributed by atoms with van der Waals surface area (Å²) in [5.74, 6) is -1.32. The van der Waals surface area contributed by atoms with E-state index >= 15 is 0 Å². The third-order valence-electron chi connectivity index (χ3n) is 10.5. The number of thioether (sulfide) groups is 1. The second-order valence-corrected chi connectivity index (χ2v) is 16.2. The number of esters is 1. The van der Waals surface area contributed by atoms with Crippen molar-refractivity contribution in [2.45, 2.75) is 107 Å². The van der Waals surface area contributed by atoms with Crippen LogP contribution >= 0.6 is 23.4 Å². The van der Waals surface area contributed by atoms with E-state index in [1.54, 1.807) is 14.0 Å². The smallest absolute Gasteiger partial charge is 0.407 e. The van der Waals surface area contributed by atoms with Crippen molar-refractivity contribution >= 4 is 59.1 Å². The zero-order valence-electron chi connectivity index (χ0n) is 32.7. The lowest BCUT2D eigenvalue weighted by Gasteiger charge is -2.33. The Labute approximate surface area is 332 Å². The third-order valence-corrected chi connectivity index (χ3v) is 12.0. The number of allylic oxidation sites excluding steroid dienone is 3. The molecule has 0 radical (unpaired) electrons. The first kappa shape index (κ1) is 43.6. The summed E-state index contributed by atoms with van der Waals surface area (Å²) in [4.78, 5) is 77.9. The zero-order chi connectivity index (χ0) is 40.6. The van der Waals surface area contributed by atoms with Crippen LogP contribution in [0.5, 0.6) is 5.75 Å². The van der Waals surface area contributed by atoms with Crippen molar-refractivity contribution in [3.63, 3.8) is 0 Å². The van der Waals surface area contributed by atoms with Gasteiger partial charge in [0.15, 0.2) is 0 Å². The Hall–Kier alpha value is -4.08. The molecule has 1 aromatic rings. The van der Waals surface area contributed by atoms with Crippen LogP contribution in [0.4, 0.5) is 4.79 Å². The van der Waals surface area contributed by atoms with E-state index in [-0.39, 0.29) is 54.9 Å². The number of carbonyl (C=O) groups is 6. The third kappa shape index (κ3) is 11.3. The zero-order valence-corrected chi connectivity index (χ0v) is 34.3. The number of amides is 5. The second kappa shape index (κ2) is 19.2. The molecule has 3 aliphatic rings. The molecule has 3 fully saturated rings. The van der Waals surface area contributed by atoms with Gasteiger partial charge in [0.25, 0.3) is 0 Å². The van der Waals surface area contributed by atoms with Gasteiger partial charge < -0.3 is 34.5 Å². The Bertz CT molecular complexity index is 1690. The number of likely N-dealkylation sites (tertiary alicyclic amines) is 1. The van der Waals surface area contributed by atoms with Gasteiger partial charge in [0.1, 0.15) is 29.6 Å². The number of cyclic esters (lactones) is 1. The van der Waals surface area contributed by atoms with E-state index in [1.807, 2.05) is 50.3 Å². The molecule has 2 N–H and O–H groups in total. The predicted molar refractivity (Wildman–Crippen MR) is 208 cm³/mol. The minimum absolute atomic E-state index is 0.0466. The Morgan fingerprint density at radius 1 is 1.24 bits per heavy atom. The summed E-state index contributed by atoms with van der Waals surface area (Å²) in [6.45, 7) is 7.23. The van der Waals surface area contributed by atoms with Crippen molar-refractivity contribution in [3.8, 4) is 5.75 Å². The molecule has 0 aliphatic carbocycles. The van der Waals surface area contributed by atoms with Crippen LogP contribution in [0.1, 0.15) is 65.4 Å². The van der Waals surface area contributed by atoms with E-state index in [2.05, 4.69) is 10.6 Å². The molecule has 0 aromatic heterocycles. The van der Waals surface area contributed by atoms with Gasteiger partial charge in [-0.05, 0) is 51.3 Å². The molecule has 55 heavy (non-hydrogen) atoms. The number of hydrogen-bond acceptors (Lipinski definition) is 11. The molecule has 0 saturated carbocycles. The fourth-order valence-electron chi connectivity index (χ4n) is 6.76. The van der Waals surface area contributed by atoms with E-state index in [9.17, 15) is 28.8 Å². The van der Waals surface area contributed by atoms with Crippen LogP contribution in [0, 0.1) is 5.92 Å². The van der Waals surface area contributed by atoms with Crippen LogP contribution in [-0.2, 0) is 44.6 Å². The van der Waals surface area contributed by atoms with E-state index < -0.39 is 47.3 Å². The number of benzene rings is 1. The minimum atomic E-state index is -1.05. The van der Waals surface area contributed by atoms with Crippen LogP contribution in [-0.4, -0.2) is 121 Å². The fourth-order valence-corrected chi connectivity index (χ4v) is 8.09. The summed E-state index contributed by atoms with van der Waals surface area (Å²) in [6.07, 6.45) is 5.27. The number of nitrogens with one attached hydrogen (secondary N) is 2. The van der Waals surface area contributed by atoms with Crippen LogP contribution in [0.2, 0.25) is 5.02 Å². The molecule has 3 aliphatic heterocycles. The first-order valence-electron chi connectivity index (χ1n) is 18.4. The van der Waals surface area contributed by atoms with Crippen molar-refractivity contribution in [3.05, 3.63) is 52.6 Å². The molecule has 5 amide bonds. The van der Waals surface area contributed by atoms with Crippen molar-refractivity contribution in [2.24, 2.45) is 5.92 Å². The largest absolute Gasteiger partial charge is 0.495 e. The standard InChI is InChI=1S/C39H53ClN4O10S/c1-22(17-25-13-14-27(40)29(18-25)51-8)11-9-10-12-26-19-28(52-38(50)42-26)23(2)35-39(4,54-35)31(21-32(45)41-5)53-37(49)24(3)43(6)33(46)15-16-55-30-20-34(47)44(7)36(30)48/h9-11,13-14,18,23-24,26,28,30-31,35H,12,15-17,19-21H2,1-8H3,(H,41,45)(H,42,50)/b10-9+,22-11+/t23-,24+,26?,28?,30?,31+,35?,39?/m1/s1. The summed E-state index contributed by atoms with van der Waals surface area (Å²) in [6, 6.07) is 4.53. The predicted octanol–water partition coefficient (Wildman–Crippen LogP) is 4.22. The highest BCUT2D eigenvalue weighted by Crippen LogP contribution is 2.48. The lowest BCUT2D eigenvalue weighted by molar-refractivity contribution is -0.162. The Morgan fingerprint density at radius 3 is 2.62 bits per heavy atom. The lowest BCUT2D eigenvalue weighted by Crippen LogP contribution is -2.49. The maximum Gasteiger partial charge on any atom is 0.407 e. The number of hydrogen-bond donors (Lipinski definition) is 2. The number of halogens is 1. The van der Waals surface area contributed by atoms with Gasteiger partial charge in [-0.2, -0.15) is 0 Å². The van der Waals surface area contributed by atoms with Crippen molar-refractivity contribution in [1.29, 1.82) is 0 Å². The molecule has 0 bridgehead atoms. The number of imide groups is 1. The SMILES string of the molecule is CNC(=O)C[C@H](OC(=O)[C@H](C)N(C)C(=O)CCSC1CC(=O)N(C)C1=O)C1(C)OC1[C@H](C)C1CC(C/C=C/C=C(\C)Cc2ccc(Cl)c(OC)c2)NC(=O)O1. The summed E-state index contributed by atoms with van der Waals surface area (Å²) in [5, 5.41) is 5.49. The van der Waals surface area contributed by atoms with Crippen LogP contribution < -0.4 is 15.4 Å². The molecule has 8 atom stereocenters. The average molecular weight is 805 g/mol. The number of nitrogens with zero attached hydrogens (tertiary/aromatic N) is 2. The first-order valence-corrected chi connectivity index (χ1v) is 19.8. The van der Waals surface area contributed by atoms with Crippen LogP contribution in [0.3, 0.4) is 0 Å². The molecule has 3 saturated heterocycles. The number of carbonyl (C=O) groups excluding carboxylic acids is 6. The maximum atomic E-state index is 13.4. The normalized spacial score (nSPS) is 25.5. The molecule has 5 unspecified atom stereocenters. The molecule has 3 heterocycles. The van der Waals surface area contributed by atoms with Crippen molar-refractivity contribution in [1.82, 2.24) is 20.4 Å². The van der Waals surface area contributed by atoms with Crippen molar-refractivity contribution in [2.75, 3.05) is 34.0 Å². The van der Waals surface area contributed by atoms with Gasteiger partial charge in [0, 0.05) is 58.1 Å². The number of ether oxygens (including phenoxy) is 4. The van der Waals surface area contributed by atoms with Gasteiger partial charge in [-0.15, -0.1) is 11.8 Å². The summed E-state index contributed by atoms with van der Waals surface area (Å²) in [7, 11) is 5.99. The van der Waals surface area contributed by atoms with Gasteiger partial charge in [-0.3, -0.25) is 24.1 Å². The highest BCUT2D eigenvalue weighted by Gasteiger charge is 2.63. The monoisotopic (exact) mass is 804 g/mol. The molecular weight excluding hydrogens is 752 g/mol. The Morgan fingerprint density at radius 2 is 1.96 bits per heavy atom. The molecule has 1 aromatic carbocycles. The molecule has 14 nitrogen and oxygen atoms in total. The molecule has 0 spiro atoms. The van der Waals surface area contributed by atoms with E-state index in [4.69, 9.17) is 30.5 Å². The first-order chi connectivity index (χ1) is 26.0. The highest BCUT2D eigenvalue weighted by molar-refractivity contribution is 8.00. The van der Waals surface area contributed by atoms with Gasteiger partial charge in [-0.25, -0.2) is 9.59 Å². The quantitative estimate of drug-likeness (QED) is 0.0942. The van der Waals surface area contributed by atoms with Crippen LogP contribution in [0.15, 0.2) is 42.0 Å². The molecule has 16 heteroatoms. The molecule has 4 rings (SSSR count). The van der Waals surface area contributed by atoms with Gasteiger partial charge in [0.05, 0.1) is 29.9 Å². The Balaban J connectivity index is 1.31. The van der Waals surface area contributed by atoms with Gasteiger partial charge >= 0.3 is 12.1 Å². The topological polar surface area (TPSA) is 173 Å². The highest BCUT2D eigenvalue weighted by atomic mass is 35.5. The van der Waals surface area contributed by atoms with Gasteiger partial charge in [0.2, 0.25) is 23.6 Å². The number of methoxy groups -OCH3 is 1. The fraction of sp³-hybridized carbons (Fsp3) is 0.590. The van der Waals surface area contributed by atoms with E-state index in [0.29, 0.717) is 29.4 Å². The molecule has 302 valence electrons. The van der Waals surface area contributed by atoms with E-state index in [0.717, 1.165) is 22.5 Å². The lowest BCUT2D eigenvalue weighted by atomic mass is 9.85.